The van der Waals surface area contributed by atoms with Crippen molar-refractivity contribution in [1.29, 1.82) is 0 Å². The Hall–Kier alpha value is -1.94. The van der Waals surface area contributed by atoms with E-state index in [1.54, 1.807) is 0 Å². The van der Waals surface area contributed by atoms with Crippen LogP contribution in [0.3, 0.4) is 0 Å². The highest BCUT2D eigenvalue weighted by Crippen LogP contribution is 2.45. The van der Waals surface area contributed by atoms with E-state index in [-0.39, 0.29) is 25.7 Å². The summed E-state index contributed by atoms with van der Waals surface area (Å²) in [5, 5.41) is 10.6. The summed E-state index contributed by atoms with van der Waals surface area (Å²) in [5.41, 5.74) is 0. The fourth-order valence-corrected chi connectivity index (χ4v) is 13.1. The minimum absolute atomic E-state index is 0.104. The first-order chi connectivity index (χ1) is 45.6. The molecule has 3 unspecified atom stereocenters. The van der Waals surface area contributed by atoms with Crippen molar-refractivity contribution in [2.24, 2.45) is 23.7 Å². The van der Waals surface area contributed by atoms with E-state index in [1.807, 2.05) is 0 Å². The lowest BCUT2D eigenvalue weighted by molar-refractivity contribution is -0.161. The van der Waals surface area contributed by atoms with E-state index in [9.17, 15) is 43.2 Å². The molecule has 0 aromatic rings. The molecule has 0 saturated heterocycles. The molecule has 0 aromatic carbocycles. The standard InChI is InChI=1S/C76H148O17P2/c1-9-69(8)55-47-39-34-35-41-49-57-74(79)87-63-72(93-76(81)59-51-43-33-27-21-24-30-38-46-54-68(6)7)65-91-95(84,85)89-61-70(77)60-88-94(82,83)90-64-71(62-86-73(78)56-48-40-31-25-19-16-15-18-23-29-37-45-53-67(4)5)92-75(80)58-50-42-32-26-20-14-12-10-11-13-17-22-28-36-44-52-66(2)3/h66-72,77H,9-65H2,1-8H3,(H,82,83)(H,84,85)/t69?,70-,71-,72-/m1/s1. The molecule has 0 aromatic heterocycles. The molecule has 19 heteroatoms. The van der Waals surface area contributed by atoms with Crippen LogP contribution in [0.2, 0.25) is 0 Å². The summed E-state index contributed by atoms with van der Waals surface area (Å²) in [5.74, 6) is 0.930. The molecule has 0 rings (SSSR count). The zero-order valence-corrected chi connectivity index (χ0v) is 64.1. The van der Waals surface area contributed by atoms with E-state index >= 15 is 0 Å². The van der Waals surface area contributed by atoms with Crippen LogP contribution in [0.5, 0.6) is 0 Å². The van der Waals surface area contributed by atoms with Crippen molar-refractivity contribution < 1.29 is 80.2 Å². The highest BCUT2D eigenvalue weighted by atomic mass is 31.2. The Labute approximate surface area is 581 Å². The van der Waals surface area contributed by atoms with E-state index < -0.39 is 97.5 Å². The lowest BCUT2D eigenvalue weighted by atomic mass is 10.00. The first kappa shape index (κ1) is 93.1. The van der Waals surface area contributed by atoms with Crippen molar-refractivity contribution in [2.75, 3.05) is 39.6 Å². The van der Waals surface area contributed by atoms with Gasteiger partial charge in [0.05, 0.1) is 26.4 Å². The monoisotopic (exact) mass is 1400 g/mol. The van der Waals surface area contributed by atoms with Gasteiger partial charge in [0, 0.05) is 25.7 Å². The zero-order valence-electron chi connectivity index (χ0n) is 62.3. The van der Waals surface area contributed by atoms with E-state index in [4.69, 9.17) is 37.0 Å². The number of hydrogen-bond acceptors (Lipinski definition) is 15. The van der Waals surface area contributed by atoms with Crippen molar-refractivity contribution >= 4 is 39.5 Å². The van der Waals surface area contributed by atoms with Gasteiger partial charge in [-0.05, 0) is 49.4 Å². The minimum atomic E-state index is -4.96. The zero-order chi connectivity index (χ0) is 70.3. The predicted octanol–water partition coefficient (Wildman–Crippen LogP) is 22.0. The molecule has 0 amide bonds. The average molecular weight is 1400 g/mol. The number of rotatable bonds is 73. The number of phosphoric acid groups is 2. The van der Waals surface area contributed by atoms with Gasteiger partial charge in [0.2, 0.25) is 0 Å². The van der Waals surface area contributed by atoms with Crippen molar-refractivity contribution in [3.63, 3.8) is 0 Å². The molecule has 564 valence electrons. The molecule has 0 fully saturated rings. The van der Waals surface area contributed by atoms with Crippen LogP contribution in [0.15, 0.2) is 0 Å². The molecule has 0 saturated carbocycles. The molecule has 0 spiro atoms. The van der Waals surface area contributed by atoms with Crippen LogP contribution in [0.1, 0.15) is 383 Å². The average Bonchev–Trinajstić information content (AvgIpc) is 1.28. The second kappa shape index (κ2) is 65.4. The van der Waals surface area contributed by atoms with Crippen molar-refractivity contribution in [2.45, 2.75) is 401 Å². The van der Waals surface area contributed by atoms with Crippen LogP contribution in [-0.4, -0.2) is 96.7 Å². The molecule has 0 radical (unpaired) electrons. The first-order valence-corrected chi connectivity index (χ1v) is 42.2. The quantitative estimate of drug-likeness (QED) is 0.0222. The fourth-order valence-electron chi connectivity index (χ4n) is 11.5. The van der Waals surface area contributed by atoms with Gasteiger partial charge in [0.25, 0.3) is 0 Å². The lowest BCUT2D eigenvalue weighted by Gasteiger charge is -2.21. The van der Waals surface area contributed by atoms with Gasteiger partial charge >= 0.3 is 39.5 Å². The van der Waals surface area contributed by atoms with E-state index in [2.05, 4.69) is 55.4 Å². The number of carbonyl (C=O) groups excluding carboxylic acids is 4. The number of aliphatic hydroxyl groups excluding tert-OH is 1. The largest absolute Gasteiger partial charge is 0.472 e. The summed E-state index contributed by atoms with van der Waals surface area (Å²) < 4.78 is 68.5. The fraction of sp³-hybridized carbons (Fsp3) is 0.947. The number of ether oxygens (including phenoxy) is 4. The third-order valence-corrected chi connectivity index (χ3v) is 19.8. The number of unbranched alkanes of at least 4 members (excludes halogenated alkanes) is 38. The van der Waals surface area contributed by atoms with Gasteiger partial charge in [-0.25, -0.2) is 9.13 Å². The Balaban J connectivity index is 5.25. The maximum atomic E-state index is 13.1. The second-order valence-corrected chi connectivity index (χ2v) is 32.0. The van der Waals surface area contributed by atoms with Crippen molar-refractivity contribution in [1.82, 2.24) is 0 Å². The van der Waals surface area contributed by atoms with Crippen LogP contribution in [-0.2, 0) is 65.4 Å². The third kappa shape index (κ3) is 69.0. The number of carbonyl (C=O) groups is 4. The Morgan fingerprint density at radius 3 is 0.747 bits per heavy atom. The number of aliphatic hydroxyl groups is 1. The first-order valence-electron chi connectivity index (χ1n) is 39.2. The maximum absolute atomic E-state index is 13.1. The molecule has 0 bridgehead atoms. The second-order valence-electron chi connectivity index (χ2n) is 29.1. The molecule has 0 aliphatic heterocycles. The topological polar surface area (TPSA) is 237 Å². The summed E-state index contributed by atoms with van der Waals surface area (Å²) in [4.78, 5) is 72.8. The minimum Gasteiger partial charge on any atom is -0.462 e. The van der Waals surface area contributed by atoms with Crippen LogP contribution >= 0.6 is 15.6 Å². The Morgan fingerprint density at radius 1 is 0.295 bits per heavy atom. The number of esters is 4. The van der Waals surface area contributed by atoms with E-state index in [1.165, 1.54) is 180 Å². The summed E-state index contributed by atoms with van der Waals surface area (Å²) >= 11 is 0. The molecular weight excluding hydrogens is 1250 g/mol. The SMILES string of the molecule is CCC(C)CCCCCCCCC(=O)OC[C@H](COP(=O)(O)OC[C@H](O)COP(=O)(O)OC[C@@H](COC(=O)CCCCCCCCCCCCCCC(C)C)OC(=O)CCCCCCCCCCCCCCCCCC(C)C)OC(=O)CCCCCCCCCCCC(C)C. The van der Waals surface area contributed by atoms with Gasteiger partial charge in [-0.2, -0.15) is 0 Å². The third-order valence-electron chi connectivity index (χ3n) is 17.9. The van der Waals surface area contributed by atoms with Crippen LogP contribution in [0.4, 0.5) is 0 Å². The van der Waals surface area contributed by atoms with Crippen LogP contribution < -0.4 is 0 Å². The van der Waals surface area contributed by atoms with Crippen LogP contribution in [0.25, 0.3) is 0 Å². The number of phosphoric ester groups is 2. The van der Waals surface area contributed by atoms with Gasteiger partial charge < -0.3 is 33.8 Å². The van der Waals surface area contributed by atoms with Crippen molar-refractivity contribution in [3.8, 4) is 0 Å². The van der Waals surface area contributed by atoms with Gasteiger partial charge in [-0.1, -0.05) is 331 Å². The lowest BCUT2D eigenvalue weighted by Crippen LogP contribution is -2.30. The van der Waals surface area contributed by atoms with Gasteiger partial charge in [-0.3, -0.25) is 37.3 Å². The highest BCUT2D eigenvalue weighted by molar-refractivity contribution is 7.47. The van der Waals surface area contributed by atoms with Gasteiger partial charge in [0.15, 0.2) is 12.2 Å². The molecular formula is C76H148O17P2. The molecule has 17 nitrogen and oxygen atoms in total. The van der Waals surface area contributed by atoms with Gasteiger partial charge in [0.1, 0.15) is 19.3 Å². The Morgan fingerprint density at radius 2 is 0.505 bits per heavy atom. The maximum Gasteiger partial charge on any atom is 0.472 e. The van der Waals surface area contributed by atoms with Gasteiger partial charge in [-0.15, -0.1) is 0 Å². The highest BCUT2D eigenvalue weighted by Gasteiger charge is 2.30. The van der Waals surface area contributed by atoms with Crippen molar-refractivity contribution in [3.05, 3.63) is 0 Å². The van der Waals surface area contributed by atoms with E-state index in [0.717, 1.165) is 120 Å². The smallest absolute Gasteiger partial charge is 0.462 e. The summed E-state index contributed by atoms with van der Waals surface area (Å²) in [6.07, 6.45) is 50.0. The molecule has 3 N–H and O–H groups in total. The molecule has 0 heterocycles. The molecule has 0 aliphatic carbocycles. The predicted molar refractivity (Wildman–Crippen MR) is 386 cm³/mol. The Bertz CT molecular complexity index is 1870. The molecule has 95 heavy (non-hydrogen) atoms. The number of hydrogen-bond donors (Lipinski definition) is 3. The summed E-state index contributed by atoms with van der Waals surface area (Å²) in [6.45, 7) is 14.2. The Kier molecular flexibility index (Phi) is 64.0. The van der Waals surface area contributed by atoms with Crippen LogP contribution in [0, 0.1) is 23.7 Å². The summed E-state index contributed by atoms with van der Waals surface area (Å²) in [6, 6.07) is 0. The summed E-state index contributed by atoms with van der Waals surface area (Å²) in [7, 11) is -9.91. The molecule has 0 aliphatic rings. The van der Waals surface area contributed by atoms with E-state index in [0.29, 0.717) is 25.7 Å². The molecule has 6 atom stereocenters. The normalized spacial score (nSPS) is 14.4.